The van der Waals surface area contributed by atoms with Gasteiger partial charge in [-0.2, -0.15) is 0 Å². The zero-order valence-electron chi connectivity index (χ0n) is 3.28. The maximum atomic E-state index is 8.88. The predicted molar refractivity (Wildman–Crippen MR) is 20.0 cm³/mol. The van der Waals surface area contributed by atoms with Gasteiger partial charge in [-0.1, -0.05) is 0 Å². The monoisotopic (exact) mass is 193 g/mol. The molecule has 0 saturated heterocycles. The standard InChI is InChI=1S/Ca.Mn.H3O4P/c;;1-5(2,3)4/h;;(H3,1,2,3,4). The van der Waals surface area contributed by atoms with Crippen LogP contribution in [0.25, 0.3) is 0 Å². The minimum absolute atomic E-state index is 0. The first kappa shape index (κ1) is 16.0. The molecule has 0 aromatic heterocycles. The molecule has 3 radical (unpaired) electrons. The molecule has 41 valence electrons. The van der Waals surface area contributed by atoms with Gasteiger partial charge in [0.15, 0.2) is 0 Å². The van der Waals surface area contributed by atoms with Crippen molar-refractivity contribution in [1.82, 2.24) is 0 Å². The van der Waals surface area contributed by atoms with E-state index < -0.39 is 7.82 Å². The van der Waals surface area contributed by atoms with Gasteiger partial charge in [0.25, 0.3) is 0 Å². The van der Waals surface area contributed by atoms with E-state index in [2.05, 4.69) is 0 Å². The third-order valence-corrected chi connectivity index (χ3v) is 0. The van der Waals surface area contributed by atoms with Gasteiger partial charge in [0.1, 0.15) is 0 Å². The van der Waals surface area contributed by atoms with E-state index in [-0.39, 0.29) is 54.8 Å². The third-order valence-electron chi connectivity index (χ3n) is 0. The maximum Gasteiger partial charge on any atom is 0.466 e. The summed E-state index contributed by atoms with van der Waals surface area (Å²) >= 11 is 0. The molecule has 0 aliphatic rings. The van der Waals surface area contributed by atoms with Gasteiger partial charge < -0.3 is 14.7 Å². The SMILES string of the molecule is O=P(O)(O)O.[Ca].[Mn]. The molecule has 7 heteroatoms. The first-order valence-electron chi connectivity index (χ1n) is 0.783. The van der Waals surface area contributed by atoms with Gasteiger partial charge in [-0.05, 0) is 0 Å². The van der Waals surface area contributed by atoms with Crippen molar-refractivity contribution < 1.29 is 36.3 Å². The predicted octanol–water partition coefficient (Wildman–Crippen LogP) is -1.31. The summed E-state index contributed by atoms with van der Waals surface area (Å²) in [4.78, 5) is 21.6. The van der Waals surface area contributed by atoms with Crippen LogP contribution in [0.1, 0.15) is 0 Å². The summed E-state index contributed by atoms with van der Waals surface area (Å²) in [6.07, 6.45) is 0. The zero-order valence-corrected chi connectivity index (χ0v) is 7.57. The van der Waals surface area contributed by atoms with Crippen molar-refractivity contribution in [2.45, 2.75) is 0 Å². The summed E-state index contributed by atoms with van der Waals surface area (Å²) in [5.41, 5.74) is 0. The molecule has 0 rings (SSSR count). The van der Waals surface area contributed by atoms with Crippen LogP contribution in [0.2, 0.25) is 0 Å². The van der Waals surface area contributed by atoms with E-state index in [0.29, 0.717) is 0 Å². The van der Waals surface area contributed by atoms with Gasteiger partial charge in [-0.25, -0.2) is 4.57 Å². The normalized spacial score (nSPS) is 8.43. The Hall–Kier alpha value is 1.89. The summed E-state index contributed by atoms with van der Waals surface area (Å²) in [5, 5.41) is 0. The Bertz CT molecular complexity index is 57.8. The zero-order chi connectivity index (χ0) is 4.50. The summed E-state index contributed by atoms with van der Waals surface area (Å²) in [6.45, 7) is 0. The topological polar surface area (TPSA) is 77.8 Å². The second-order valence-electron chi connectivity index (χ2n) is 0.513. The van der Waals surface area contributed by atoms with Gasteiger partial charge in [0, 0.05) is 54.8 Å². The maximum absolute atomic E-state index is 8.88. The second kappa shape index (κ2) is 6.02. The van der Waals surface area contributed by atoms with Crippen molar-refractivity contribution in [1.29, 1.82) is 0 Å². The second-order valence-corrected chi connectivity index (χ2v) is 1.54. The van der Waals surface area contributed by atoms with Crippen molar-refractivity contribution in [2.24, 2.45) is 0 Å². The Balaban J connectivity index is -0.0000000800. The van der Waals surface area contributed by atoms with Gasteiger partial charge in [0.2, 0.25) is 0 Å². The van der Waals surface area contributed by atoms with Crippen LogP contribution in [0, 0.1) is 0 Å². The van der Waals surface area contributed by atoms with Crippen LogP contribution in [0.5, 0.6) is 0 Å². The van der Waals surface area contributed by atoms with Gasteiger partial charge in [-0.15, -0.1) is 0 Å². The molecule has 3 N–H and O–H groups in total. The van der Waals surface area contributed by atoms with Crippen LogP contribution in [-0.4, -0.2) is 52.4 Å². The summed E-state index contributed by atoms with van der Waals surface area (Å²) in [7, 11) is -4.64. The van der Waals surface area contributed by atoms with Crippen LogP contribution in [-0.2, 0) is 21.6 Å². The van der Waals surface area contributed by atoms with Crippen LogP contribution in [0.3, 0.4) is 0 Å². The summed E-state index contributed by atoms with van der Waals surface area (Å²) in [5.74, 6) is 0. The molecule has 0 aromatic rings. The molecule has 0 aliphatic heterocycles. The Kier molecular flexibility index (Phi) is 13.7. The van der Waals surface area contributed by atoms with Gasteiger partial charge >= 0.3 is 7.82 Å². The smallest absolute Gasteiger partial charge is 0.303 e. The molecule has 4 nitrogen and oxygen atoms in total. The molecule has 0 aliphatic carbocycles. The number of rotatable bonds is 0. The molecule has 0 aromatic carbocycles. The van der Waals surface area contributed by atoms with Gasteiger partial charge in [0.05, 0.1) is 0 Å². The first-order valence-corrected chi connectivity index (χ1v) is 2.35. The van der Waals surface area contributed by atoms with E-state index >= 15 is 0 Å². The fourth-order valence-corrected chi connectivity index (χ4v) is 0. The fourth-order valence-electron chi connectivity index (χ4n) is 0. The van der Waals surface area contributed by atoms with E-state index in [9.17, 15) is 0 Å². The van der Waals surface area contributed by atoms with Crippen molar-refractivity contribution in [2.75, 3.05) is 0 Å². The molecule has 0 fully saturated rings. The van der Waals surface area contributed by atoms with E-state index in [1.54, 1.807) is 0 Å². The van der Waals surface area contributed by atoms with Crippen LogP contribution in [0.15, 0.2) is 0 Å². The Morgan fingerprint density at radius 3 is 1.14 bits per heavy atom. The van der Waals surface area contributed by atoms with Crippen LogP contribution >= 0.6 is 7.82 Å². The molecule has 0 saturated carbocycles. The third kappa shape index (κ3) is 76.7. The van der Waals surface area contributed by atoms with Crippen molar-refractivity contribution in [3.8, 4) is 0 Å². The average molecular weight is 193 g/mol. The van der Waals surface area contributed by atoms with Crippen LogP contribution < -0.4 is 0 Å². The summed E-state index contributed by atoms with van der Waals surface area (Å²) < 4.78 is 8.88. The molecule has 0 unspecified atom stereocenters. The van der Waals surface area contributed by atoms with Gasteiger partial charge in [-0.3, -0.25) is 0 Å². The minimum Gasteiger partial charge on any atom is -0.303 e. The van der Waals surface area contributed by atoms with Crippen molar-refractivity contribution >= 4 is 45.6 Å². The minimum atomic E-state index is -4.64. The number of phosphoric acid groups is 1. The molecule has 0 amide bonds. The largest absolute Gasteiger partial charge is 0.466 e. The molecular weight excluding hydrogens is 190 g/mol. The number of hydrogen-bond donors (Lipinski definition) is 3. The molecule has 0 atom stereocenters. The Morgan fingerprint density at radius 2 is 1.14 bits per heavy atom. The Morgan fingerprint density at radius 1 is 1.14 bits per heavy atom. The summed E-state index contributed by atoms with van der Waals surface area (Å²) in [6, 6.07) is 0. The molecule has 0 bridgehead atoms. The average Bonchev–Trinajstić information content (AvgIpc) is 0.722. The molecule has 7 heavy (non-hydrogen) atoms. The van der Waals surface area contributed by atoms with E-state index in [1.165, 1.54) is 0 Å². The fraction of sp³-hybridized carbons (Fsp3) is 0. The van der Waals surface area contributed by atoms with Crippen molar-refractivity contribution in [3.63, 3.8) is 0 Å². The number of hydrogen-bond acceptors (Lipinski definition) is 1. The van der Waals surface area contributed by atoms with Crippen LogP contribution in [0.4, 0.5) is 0 Å². The van der Waals surface area contributed by atoms with E-state index in [4.69, 9.17) is 19.2 Å². The van der Waals surface area contributed by atoms with Crippen molar-refractivity contribution in [3.05, 3.63) is 0 Å². The van der Waals surface area contributed by atoms with E-state index in [0.717, 1.165) is 0 Å². The Labute approximate surface area is 81.0 Å². The first-order chi connectivity index (χ1) is 2.00. The molecule has 0 heterocycles. The van der Waals surface area contributed by atoms with E-state index in [1.807, 2.05) is 0 Å². The quantitative estimate of drug-likeness (QED) is 0.329. The molecular formula is H3CaMnO4P. The molecule has 0 spiro atoms.